The van der Waals surface area contributed by atoms with Crippen LogP contribution in [0.15, 0.2) is 65.7 Å². The van der Waals surface area contributed by atoms with Crippen molar-refractivity contribution in [3.8, 4) is 17.6 Å². The lowest BCUT2D eigenvalue weighted by Crippen LogP contribution is -2.14. The van der Waals surface area contributed by atoms with Crippen molar-refractivity contribution < 1.29 is 27.4 Å². The summed E-state index contributed by atoms with van der Waals surface area (Å²) in [5, 5.41) is 8.23. The molecule has 0 N–H and O–H groups in total. The van der Waals surface area contributed by atoms with Crippen LogP contribution in [0.5, 0.6) is 11.5 Å². The van der Waals surface area contributed by atoms with Crippen LogP contribution >= 0.6 is 11.6 Å². The lowest BCUT2D eigenvalue weighted by molar-refractivity contribution is -0.149. The summed E-state index contributed by atoms with van der Waals surface area (Å²) in [4.78, 5) is 12.6. The molecule has 3 rings (SSSR count). The minimum absolute atomic E-state index is 0.392. The van der Waals surface area contributed by atoms with Gasteiger partial charge in [-0.2, -0.15) is 18.4 Å². The molecule has 0 heterocycles. The number of rotatable bonds is 6. The topological polar surface area (TPSA) is 59.3 Å². The first-order chi connectivity index (χ1) is 14.5. The Hall–Kier alpha value is -2.98. The van der Waals surface area contributed by atoms with Gasteiger partial charge in [-0.25, -0.2) is 0 Å². The Labute approximate surface area is 182 Å². The monoisotopic (exact) mass is 449 g/mol. The van der Waals surface area contributed by atoms with E-state index in [0.29, 0.717) is 17.1 Å². The third-order valence-corrected chi connectivity index (χ3v) is 5.59. The summed E-state index contributed by atoms with van der Waals surface area (Å²) in [5.74, 6) is -1.27. The molecule has 0 spiro atoms. The molecule has 31 heavy (non-hydrogen) atoms. The second kappa shape index (κ2) is 8.64. The Morgan fingerprint density at radius 1 is 1.16 bits per heavy atom. The van der Waals surface area contributed by atoms with Crippen molar-refractivity contribution in [2.45, 2.75) is 26.1 Å². The van der Waals surface area contributed by atoms with E-state index in [9.17, 15) is 23.2 Å². The van der Waals surface area contributed by atoms with Crippen molar-refractivity contribution in [2.75, 3.05) is 0 Å². The van der Waals surface area contributed by atoms with Crippen molar-refractivity contribution in [3.63, 3.8) is 0 Å². The standard InChI is InChI=1S/C23H19ClF3NO3/c1-22(2)17(12-19(24)23(25,26)27)20(22)21(29)31-18(13-28)14-7-6-10-16(11-14)30-15-8-4-3-5-9-15/h3-12,17-18,20H,1-2H3/b19-12+/t17-,18+,20+/m1/s1. The maximum absolute atomic E-state index is 12.7. The summed E-state index contributed by atoms with van der Waals surface area (Å²) in [5.41, 5.74) is -0.371. The summed E-state index contributed by atoms with van der Waals surface area (Å²) in [7, 11) is 0. The predicted molar refractivity (Wildman–Crippen MR) is 108 cm³/mol. The van der Waals surface area contributed by atoms with Crippen LogP contribution in [-0.2, 0) is 9.53 Å². The van der Waals surface area contributed by atoms with E-state index in [1.54, 1.807) is 50.2 Å². The van der Waals surface area contributed by atoms with Crippen molar-refractivity contribution in [1.82, 2.24) is 0 Å². The summed E-state index contributed by atoms with van der Waals surface area (Å²) in [6.45, 7) is 3.30. The Bertz CT molecular complexity index is 1030. The number of nitriles is 1. The molecular weight excluding hydrogens is 431 g/mol. The van der Waals surface area contributed by atoms with Crippen molar-refractivity contribution in [2.24, 2.45) is 17.3 Å². The molecule has 1 saturated carbocycles. The summed E-state index contributed by atoms with van der Waals surface area (Å²) in [6, 6.07) is 17.4. The van der Waals surface area contributed by atoms with Crippen LogP contribution in [0, 0.1) is 28.6 Å². The lowest BCUT2D eigenvalue weighted by Gasteiger charge is -2.13. The number of hydrogen-bond acceptors (Lipinski definition) is 4. The zero-order valence-corrected chi connectivity index (χ0v) is 17.4. The van der Waals surface area contributed by atoms with Crippen LogP contribution in [0.3, 0.4) is 0 Å². The fraction of sp³-hybridized carbons (Fsp3) is 0.304. The number of hydrogen-bond donors (Lipinski definition) is 0. The van der Waals surface area contributed by atoms with Crippen molar-refractivity contribution in [3.05, 3.63) is 71.3 Å². The van der Waals surface area contributed by atoms with E-state index in [2.05, 4.69) is 0 Å². The van der Waals surface area contributed by atoms with Crippen LogP contribution in [0.1, 0.15) is 25.5 Å². The van der Waals surface area contributed by atoms with E-state index < -0.39 is 40.5 Å². The van der Waals surface area contributed by atoms with Gasteiger partial charge in [0, 0.05) is 5.56 Å². The largest absolute Gasteiger partial charge is 0.457 e. The van der Waals surface area contributed by atoms with Crippen LogP contribution in [0.4, 0.5) is 13.2 Å². The SMILES string of the molecule is CC1(C)[C@H](/C=C(/Cl)C(F)(F)F)[C@H]1C(=O)O[C@@H](C#N)c1cccc(Oc2ccccc2)c1. The molecule has 4 nitrogen and oxygen atoms in total. The van der Waals surface area contributed by atoms with Gasteiger partial charge in [0.15, 0.2) is 0 Å². The summed E-state index contributed by atoms with van der Waals surface area (Å²) < 4.78 is 49.2. The van der Waals surface area contributed by atoms with Crippen molar-refractivity contribution in [1.29, 1.82) is 5.26 Å². The Balaban J connectivity index is 1.72. The fourth-order valence-electron chi connectivity index (χ4n) is 3.42. The van der Waals surface area contributed by atoms with E-state index >= 15 is 0 Å². The van der Waals surface area contributed by atoms with Crippen LogP contribution in [0.2, 0.25) is 0 Å². The molecule has 8 heteroatoms. The quantitative estimate of drug-likeness (QED) is 0.469. The average molecular weight is 450 g/mol. The van der Waals surface area contributed by atoms with Gasteiger partial charge in [0.2, 0.25) is 6.10 Å². The second-order valence-corrected chi connectivity index (χ2v) is 8.18. The third-order valence-electron chi connectivity index (χ3n) is 5.25. The molecule has 0 aromatic heterocycles. The predicted octanol–water partition coefficient (Wildman–Crippen LogP) is 6.54. The van der Waals surface area contributed by atoms with Crippen LogP contribution in [-0.4, -0.2) is 12.1 Å². The number of benzene rings is 2. The number of carbonyl (C=O) groups is 1. The Morgan fingerprint density at radius 3 is 2.42 bits per heavy atom. The molecule has 0 unspecified atom stereocenters. The first-order valence-corrected chi connectivity index (χ1v) is 9.79. The molecule has 0 aliphatic heterocycles. The highest BCUT2D eigenvalue weighted by atomic mass is 35.5. The third kappa shape index (κ3) is 5.20. The first-order valence-electron chi connectivity index (χ1n) is 9.41. The Kier molecular flexibility index (Phi) is 6.33. The average Bonchev–Trinajstić information content (AvgIpc) is 3.26. The molecule has 3 atom stereocenters. The van der Waals surface area contributed by atoms with Gasteiger partial charge in [-0.1, -0.05) is 61.9 Å². The number of alkyl halides is 3. The second-order valence-electron chi connectivity index (χ2n) is 7.77. The molecule has 0 saturated heterocycles. The Morgan fingerprint density at radius 2 is 1.81 bits per heavy atom. The van der Waals surface area contributed by atoms with Crippen LogP contribution in [0.25, 0.3) is 0 Å². The smallest absolute Gasteiger partial charge is 0.426 e. The van der Waals surface area contributed by atoms with Gasteiger partial charge in [0.05, 0.1) is 5.92 Å². The zero-order chi connectivity index (χ0) is 22.8. The first kappa shape index (κ1) is 22.7. The minimum Gasteiger partial charge on any atom is -0.457 e. The zero-order valence-electron chi connectivity index (χ0n) is 16.7. The van der Waals surface area contributed by atoms with E-state index in [-0.39, 0.29) is 0 Å². The highest BCUT2D eigenvalue weighted by Crippen LogP contribution is 2.60. The van der Waals surface area contributed by atoms with E-state index in [0.717, 1.165) is 6.08 Å². The number of carbonyl (C=O) groups excluding carboxylic acids is 1. The highest BCUT2D eigenvalue weighted by molar-refractivity contribution is 6.30. The number of halogens is 4. The summed E-state index contributed by atoms with van der Waals surface area (Å²) >= 11 is 5.32. The van der Waals surface area contributed by atoms with Gasteiger partial charge in [-0.3, -0.25) is 4.79 Å². The van der Waals surface area contributed by atoms with Crippen LogP contribution < -0.4 is 4.74 Å². The minimum atomic E-state index is -4.68. The molecule has 1 aliphatic carbocycles. The van der Waals surface area contributed by atoms with Gasteiger partial charge in [0.25, 0.3) is 0 Å². The summed E-state index contributed by atoms with van der Waals surface area (Å²) in [6.07, 6.45) is -5.07. The highest BCUT2D eigenvalue weighted by Gasteiger charge is 2.62. The molecule has 0 amide bonds. The van der Waals surface area contributed by atoms with Gasteiger partial charge < -0.3 is 9.47 Å². The molecule has 2 aromatic rings. The van der Waals surface area contributed by atoms with Crippen molar-refractivity contribution >= 4 is 17.6 Å². The fourth-order valence-corrected chi connectivity index (χ4v) is 3.55. The molecule has 2 aromatic carbocycles. The number of nitrogens with zero attached hydrogens (tertiary/aromatic N) is 1. The number of esters is 1. The molecule has 1 aliphatic rings. The number of ether oxygens (including phenoxy) is 2. The normalized spacial score (nSPS) is 21.0. The van der Waals surface area contributed by atoms with E-state index in [1.165, 1.54) is 0 Å². The van der Waals surface area contributed by atoms with Gasteiger partial charge >= 0.3 is 12.1 Å². The molecule has 162 valence electrons. The maximum atomic E-state index is 12.7. The number of para-hydroxylation sites is 1. The molecule has 1 fully saturated rings. The number of allylic oxidation sites excluding steroid dienone is 2. The van der Waals surface area contributed by atoms with E-state index in [4.69, 9.17) is 21.1 Å². The van der Waals surface area contributed by atoms with Gasteiger partial charge in [-0.05, 0) is 35.6 Å². The van der Waals surface area contributed by atoms with Gasteiger partial charge in [0.1, 0.15) is 22.6 Å². The molecular formula is C23H19ClF3NO3. The molecule has 0 radical (unpaired) electrons. The lowest BCUT2D eigenvalue weighted by atomic mass is 10.1. The molecule has 0 bridgehead atoms. The maximum Gasteiger partial charge on any atom is 0.426 e. The van der Waals surface area contributed by atoms with E-state index in [1.807, 2.05) is 24.3 Å². The van der Waals surface area contributed by atoms with Gasteiger partial charge in [-0.15, -0.1) is 0 Å².